The Morgan fingerprint density at radius 2 is 2.00 bits per heavy atom. The van der Waals surface area contributed by atoms with E-state index in [2.05, 4.69) is 0 Å². The van der Waals surface area contributed by atoms with Gasteiger partial charge in [0.2, 0.25) is 0 Å². The first-order chi connectivity index (χ1) is 9.11. The van der Waals surface area contributed by atoms with Gasteiger partial charge in [-0.05, 0) is 41.6 Å². The number of aliphatic hydroxyl groups excluding tert-OH is 1. The minimum absolute atomic E-state index is 0.212. The topological polar surface area (TPSA) is 20.2 Å². The molecule has 0 aliphatic carbocycles. The molecule has 2 rings (SSSR count). The highest BCUT2D eigenvalue weighted by Crippen LogP contribution is 2.29. The molecule has 1 N–H and O–H groups in total. The van der Waals surface area contributed by atoms with Gasteiger partial charge in [0.05, 0.1) is 6.10 Å². The van der Waals surface area contributed by atoms with Gasteiger partial charge in [-0.2, -0.15) is 0 Å². The fourth-order valence-corrected chi connectivity index (χ4v) is 2.81. The fraction of sp³-hybridized carbons (Fsp3) is 0.200. The summed E-state index contributed by atoms with van der Waals surface area (Å²) in [5, 5.41) is 10.8. The lowest BCUT2D eigenvalue weighted by atomic mass is 10.0. The summed E-state index contributed by atoms with van der Waals surface area (Å²) in [5.41, 5.74) is 1.24. The lowest BCUT2D eigenvalue weighted by Crippen LogP contribution is -2.05. The van der Waals surface area contributed by atoms with Crippen molar-refractivity contribution < 1.29 is 9.50 Å². The Morgan fingerprint density at radius 1 is 1.26 bits per heavy atom. The quantitative estimate of drug-likeness (QED) is 0.840. The lowest BCUT2D eigenvalue weighted by molar-refractivity contribution is 0.174. The molecular formula is C15H14ClFOS. The predicted molar refractivity (Wildman–Crippen MR) is 78.3 cm³/mol. The Balaban J connectivity index is 2.25. The highest BCUT2D eigenvalue weighted by Gasteiger charge is 2.14. The van der Waals surface area contributed by atoms with Crippen LogP contribution in [0, 0.1) is 5.82 Å². The maximum atomic E-state index is 13.7. The minimum Gasteiger partial charge on any atom is -0.388 e. The van der Waals surface area contributed by atoms with E-state index in [0.717, 1.165) is 10.5 Å². The average molecular weight is 297 g/mol. The first kappa shape index (κ1) is 14.4. The summed E-state index contributed by atoms with van der Waals surface area (Å²) in [4.78, 5) is 0.998. The zero-order valence-corrected chi connectivity index (χ0v) is 12.0. The van der Waals surface area contributed by atoms with Gasteiger partial charge in [-0.25, -0.2) is 4.39 Å². The monoisotopic (exact) mass is 296 g/mol. The summed E-state index contributed by atoms with van der Waals surface area (Å²) in [6.07, 6.45) is 1.42. The van der Waals surface area contributed by atoms with Crippen molar-refractivity contribution in [2.75, 3.05) is 6.26 Å². The van der Waals surface area contributed by atoms with Crippen molar-refractivity contribution >= 4 is 23.4 Å². The molecule has 0 saturated carbocycles. The van der Waals surface area contributed by atoms with Crippen molar-refractivity contribution in [3.63, 3.8) is 0 Å². The van der Waals surface area contributed by atoms with E-state index >= 15 is 0 Å². The molecule has 0 aromatic heterocycles. The number of thioether (sulfide) groups is 1. The highest BCUT2D eigenvalue weighted by molar-refractivity contribution is 7.98. The van der Waals surface area contributed by atoms with Gasteiger partial charge in [-0.15, -0.1) is 11.8 Å². The van der Waals surface area contributed by atoms with E-state index in [1.165, 1.54) is 12.1 Å². The van der Waals surface area contributed by atoms with E-state index in [1.807, 2.05) is 30.5 Å². The second-order valence-corrected chi connectivity index (χ2v) is 5.48. The standard InChI is InChI=1S/C15H14ClFOS/c1-19-15-5-3-2-4-12(15)14(18)9-10-8-11(16)6-7-13(10)17/h2-8,14,18H,9H2,1H3. The molecule has 0 heterocycles. The number of rotatable bonds is 4. The van der Waals surface area contributed by atoms with E-state index in [1.54, 1.807) is 17.8 Å². The Labute approximate surface area is 121 Å². The largest absolute Gasteiger partial charge is 0.388 e. The van der Waals surface area contributed by atoms with E-state index in [9.17, 15) is 9.50 Å². The van der Waals surface area contributed by atoms with Crippen molar-refractivity contribution in [2.45, 2.75) is 17.4 Å². The van der Waals surface area contributed by atoms with E-state index in [0.29, 0.717) is 10.6 Å². The first-order valence-corrected chi connectivity index (χ1v) is 7.47. The Morgan fingerprint density at radius 3 is 2.74 bits per heavy atom. The molecule has 0 radical (unpaired) electrons. The van der Waals surface area contributed by atoms with Gasteiger partial charge in [-0.3, -0.25) is 0 Å². The van der Waals surface area contributed by atoms with Gasteiger partial charge in [-0.1, -0.05) is 29.8 Å². The molecule has 0 fully saturated rings. The third-order valence-corrected chi connectivity index (χ3v) is 3.97. The Bertz CT molecular complexity index is 574. The number of halogens is 2. The predicted octanol–water partition coefficient (Wildman–Crippen LogP) is 4.48. The van der Waals surface area contributed by atoms with Crippen LogP contribution in [0.5, 0.6) is 0 Å². The first-order valence-electron chi connectivity index (χ1n) is 5.86. The Kier molecular flexibility index (Phi) is 4.86. The fourth-order valence-electron chi connectivity index (χ4n) is 1.96. The van der Waals surface area contributed by atoms with Gasteiger partial charge < -0.3 is 5.11 Å². The molecule has 100 valence electrons. The van der Waals surface area contributed by atoms with Crippen LogP contribution in [-0.2, 0) is 6.42 Å². The van der Waals surface area contributed by atoms with Crippen molar-refractivity contribution in [3.8, 4) is 0 Å². The number of benzene rings is 2. The summed E-state index contributed by atoms with van der Waals surface area (Å²) in [6, 6.07) is 12.0. The molecule has 1 atom stereocenters. The van der Waals surface area contributed by atoms with Crippen LogP contribution in [0.2, 0.25) is 5.02 Å². The zero-order valence-electron chi connectivity index (χ0n) is 10.4. The molecule has 2 aromatic rings. The van der Waals surface area contributed by atoms with Crippen LogP contribution in [0.3, 0.4) is 0 Å². The average Bonchev–Trinajstić information content (AvgIpc) is 2.42. The molecule has 0 amide bonds. The summed E-state index contributed by atoms with van der Waals surface area (Å²) in [6.45, 7) is 0. The molecule has 0 aliphatic heterocycles. The highest BCUT2D eigenvalue weighted by atomic mass is 35.5. The lowest BCUT2D eigenvalue weighted by Gasteiger charge is -2.15. The second kappa shape index (κ2) is 6.42. The van der Waals surface area contributed by atoms with Crippen LogP contribution in [0.25, 0.3) is 0 Å². The molecule has 0 spiro atoms. The third kappa shape index (κ3) is 3.50. The smallest absolute Gasteiger partial charge is 0.126 e. The summed E-state index contributed by atoms with van der Waals surface area (Å²) >= 11 is 7.41. The molecule has 1 unspecified atom stereocenters. The van der Waals surface area contributed by atoms with Crippen LogP contribution < -0.4 is 0 Å². The third-order valence-electron chi connectivity index (χ3n) is 2.92. The SMILES string of the molecule is CSc1ccccc1C(O)Cc1cc(Cl)ccc1F. The summed E-state index contributed by atoms with van der Waals surface area (Å²) in [7, 11) is 0. The van der Waals surface area contributed by atoms with Crippen molar-refractivity contribution in [1.29, 1.82) is 0 Å². The van der Waals surface area contributed by atoms with Gasteiger partial charge in [0, 0.05) is 16.3 Å². The van der Waals surface area contributed by atoms with E-state index in [4.69, 9.17) is 11.6 Å². The number of aliphatic hydroxyl groups is 1. The molecule has 2 aromatic carbocycles. The Hall–Kier alpha value is -1.03. The number of hydrogen-bond donors (Lipinski definition) is 1. The van der Waals surface area contributed by atoms with E-state index < -0.39 is 6.10 Å². The second-order valence-electron chi connectivity index (χ2n) is 4.20. The normalized spacial score (nSPS) is 12.4. The van der Waals surface area contributed by atoms with Crippen LogP contribution in [0.4, 0.5) is 4.39 Å². The zero-order chi connectivity index (χ0) is 13.8. The van der Waals surface area contributed by atoms with E-state index in [-0.39, 0.29) is 12.2 Å². The van der Waals surface area contributed by atoms with Gasteiger partial charge in [0.15, 0.2) is 0 Å². The molecule has 1 nitrogen and oxygen atoms in total. The molecule has 19 heavy (non-hydrogen) atoms. The van der Waals surface area contributed by atoms with Crippen LogP contribution in [-0.4, -0.2) is 11.4 Å². The number of hydrogen-bond acceptors (Lipinski definition) is 2. The van der Waals surface area contributed by atoms with Crippen molar-refractivity contribution in [1.82, 2.24) is 0 Å². The van der Waals surface area contributed by atoms with Crippen molar-refractivity contribution in [3.05, 3.63) is 64.4 Å². The summed E-state index contributed by atoms with van der Waals surface area (Å²) < 4.78 is 13.7. The molecular weight excluding hydrogens is 283 g/mol. The van der Waals surface area contributed by atoms with Crippen molar-refractivity contribution in [2.24, 2.45) is 0 Å². The van der Waals surface area contributed by atoms with Crippen LogP contribution in [0.1, 0.15) is 17.2 Å². The molecule has 0 bridgehead atoms. The van der Waals surface area contributed by atoms with Gasteiger partial charge in [0.25, 0.3) is 0 Å². The van der Waals surface area contributed by atoms with Crippen LogP contribution in [0.15, 0.2) is 47.4 Å². The van der Waals surface area contributed by atoms with Gasteiger partial charge >= 0.3 is 0 Å². The maximum absolute atomic E-state index is 13.7. The molecule has 0 aliphatic rings. The molecule has 0 saturated heterocycles. The maximum Gasteiger partial charge on any atom is 0.126 e. The molecule has 4 heteroatoms. The van der Waals surface area contributed by atoms with Gasteiger partial charge in [0.1, 0.15) is 5.82 Å². The minimum atomic E-state index is -0.739. The van der Waals surface area contributed by atoms with Crippen LogP contribution >= 0.6 is 23.4 Å². The summed E-state index contributed by atoms with van der Waals surface area (Å²) in [5.74, 6) is -0.343.